The number of isocyanates is 1. The third kappa shape index (κ3) is 1.24. The normalized spacial score (nSPS) is 17.2. The highest BCUT2D eigenvalue weighted by Crippen LogP contribution is 2.28. The molecule has 0 spiro atoms. The number of amides is 2. The van der Waals surface area contributed by atoms with Crippen LogP contribution in [0.3, 0.4) is 0 Å². The van der Waals surface area contributed by atoms with Gasteiger partial charge in [0.2, 0.25) is 0 Å². The predicted molar refractivity (Wildman–Crippen MR) is 55.5 cm³/mol. The Morgan fingerprint density at radius 1 is 1.00 bits per heavy atom. The zero-order valence-corrected chi connectivity index (χ0v) is 8.16. The number of hydrogen-bond donors (Lipinski definition) is 0. The van der Waals surface area contributed by atoms with Crippen LogP contribution in [0.5, 0.6) is 0 Å². The summed E-state index contributed by atoms with van der Waals surface area (Å²) in [6.45, 7) is 0. The molecule has 5 nitrogen and oxygen atoms in total. The zero-order valence-electron chi connectivity index (χ0n) is 8.16. The minimum Gasteiger partial charge on any atom is -0.222 e. The average Bonchev–Trinajstić information content (AvgIpc) is 2.60. The van der Waals surface area contributed by atoms with E-state index in [1.54, 1.807) is 30.3 Å². The first-order valence-corrected chi connectivity index (χ1v) is 4.53. The highest BCUT2D eigenvalue weighted by atomic mass is 16.2. The van der Waals surface area contributed by atoms with Crippen molar-refractivity contribution in [3.8, 4) is 0 Å². The third-order valence-corrected chi connectivity index (χ3v) is 2.33. The van der Waals surface area contributed by atoms with Gasteiger partial charge in [0.25, 0.3) is 6.08 Å². The monoisotopic (exact) mass is 215 g/mol. The van der Waals surface area contributed by atoms with Gasteiger partial charge in [-0.2, -0.15) is 0 Å². The minimum absolute atomic E-state index is 0.325. The molecule has 0 saturated carbocycles. The summed E-state index contributed by atoms with van der Waals surface area (Å²) >= 11 is 0. The lowest BCUT2D eigenvalue weighted by molar-refractivity contribution is -0.135. The van der Waals surface area contributed by atoms with Gasteiger partial charge in [-0.3, -0.25) is 0 Å². The highest BCUT2D eigenvalue weighted by Gasteiger charge is 2.50. The van der Waals surface area contributed by atoms with E-state index in [0.29, 0.717) is 5.69 Å². The maximum atomic E-state index is 11.7. The molecule has 2 rings (SSSR count). The molecule has 0 fully saturated rings. The first-order valence-electron chi connectivity index (χ1n) is 4.53. The molecule has 0 N–H and O–H groups in total. The standard InChI is InChI=1S/C11H7N2O3/c14-8-12-13(9-4-2-1-3-5-9)10(15)6-7-11(13)16/h1-7H/q+1. The average molecular weight is 215 g/mol. The summed E-state index contributed by atoms with van der Waals surface area (Å²) in [7, 11) is 0. The fourth-order valence-corrected chi connectivity index (χ4v) is 1.58. The van der Waals surface area contributed by atoms with Crippen LogP contribution in [0, 0.1) is 0 Å². The van der Waals surface area contributed by atoms with Crippen LogP contribution in [0.2, 0.25) is 0 Å². The van der Waals surface area contributed by atoms with E-state index >= 15 is 0 Å². The number of hydrogen-bond acceptors (Lipinski definition) is 4. The summed E-state index contributed by atoms with van der Waals surface area (Å²) < 4.78 is -0.982. The Hall–Kier alpha value is -2.36. The van der Waals surface area contributed by atoms with E-state index in [-0.39, 0.29) is 0 Å². The van der Waals surface area contributed by atoms with Crippen LogP contribution in [0.4, 0.5) is 5.69 Å². The number of rotatable bonds is 2. The minimum atomic E-state index is -0.982. The molecule has 16 heavy (non-hydrogen) atoms. The number of quaternary nitrogens is 1. The molecule has 0 aliphatic carbocycles. The molecule has 1 heterocycles. The van der Waals surface area contributed by atoms with Crippen LogP contribution in [0.1, 0.15) is 0 Å². The number of nitrogens with zero attached hydrogens (tertiary/aromatic N) is 2. The number of carbonyl (C=O) groups is 2. The zero-order chi connectivity index (χ0) is 11.6. The van der Waals surface area contributed by atoms with Crippen LogP contribution in [0.25, 0.3) is 0 Å². The van der Waals surface area contributed by atoms with Crippen molar-refractivity contribution < 1.29 is 14.4 Å². The summed E-state index contributed by atoms with van der Waals surface area (Å²) in [6, 6.07) is 8.18. The van der Waals surface area contributed by atoms with Gasteiger partial charge in [0.05, 0.1) is 12.2 Å². The largest absolute Gasteiger partial charge is 0.379 e. The van der Waals surface area contributed by atoms with Crippen LogP contribution in [-0.4, -0.2) is 17.9 Å². The van der Waals surface area contributed by atoms with Crippen LogP contribution >= 0.6 is 0 Å². The van der Waals surface area contributed by atoms with Gasteiger partial charge in [-0.25, -0.2) is 14.4 Å². The smallest absolute Gasteiger partial charge is 0.222 e. The van der Waals surface area contributed by atoms with Gasteiger partial charge in [-0.1, -0.05) is 18.2 Å². The van der Waals surface area contributed by atoms with Crippen molar-refractivity contribution >= 4 is 23.6 Å². The summed E-state index contributed by atoms with van der Waals surface area (Å²) in [5.41, 5.74) is 0.325. The number of carbonyl (C=O) groups excluding carboxylic acids is 3. The van der Waals surface area contributed by atoms with Crippen molar-refractivity contribution in [1.82, 2.24) is 4.59 Å². The molecule has 1 aromatic carbocycles. The Balaban J connectivity index is 2.67. The molecule has 5 heteroatoms. The summed E-state index contributed by atoms with van der Waals surface area (Å²) in [6.07, 6.45) is 3.49. The Morgan fingerprint density at radius 2 is 1.56 bits per heavy atom. The second-order valence-electron chi connectivity index (χ2n) is 3.17. The molecule has 0 atom stereocenters. The molecule has 0 saturated heterocycles. The van der Waals surface area contributed by atoms with Gasteiger partial charge in [0, 0.05) is 17.2 Å². The lowest BCUT2D eigenvalue weighted by Gasteiger charge is -2.18. The molecule has 1 aliphatic heterocycles. The Morgan fingerprint density at radius 3 is 2.06 bits per heavy atom. The fourth-order valence-electron chi connectivity index (χ4n) is 1.58. The molecule has 1 aliphatic rings. The van der Waals surface area contributed by atoms with Crippen molar-refractivity contribution in [3.05, 3.63) is 42.5 Å². The van der Waals surface area contributed by atoms with Crippen molar-refractivity contribution in [2.24, 2.45) is 5.10 Å². The number of para-hydroxylation sites is 1. The van der Waals surface area contributed by atoms with Gasteiger partial charge in [0.1, 0.15) is 0 Å². The predicted octanol–water partition coefficient (Wildman–Crippen LogP) is 0.868. The van der Waals surface area contributed by atoms with Crippen molar-refractivity contribution in [2.75, 3.05) is 0 Å². The molecule has 0 radical (unpaired) electrons. The van der Waals surface area contributed by atoms with E-state index < -0.39 is 16.4 Å². The van der Waals surface area contributed by atoms with Gasteiger partial charge in [-0.05, 0) is 4.59 Å². The van der Waals surface area contributed by atoms with Crippen LogP contribution in [0.15, 0.2) is 47.6 Å². The van der Waals surface area contributed by atoms with Crippen molar-refractivity contribution in [1.29, 1.82) is 0 Å². The summed E-state index contributed by atoms with van der Waals surface area (Å²) in [5.74, 6) is -1.14. The molecular weight excluding hydrogens is 208 g/mol. The molecule has 2 amide bonds. The molecule has 0 aromatic heterocycles. The van der Waals surface area contributed by atoms with Crippen LogP contribution in [-0.2, 0) is 14.4 Å². The van der Waals surface area contributed by atoms with Crippen molar-refractivity contribution in [2.45, 2.75) is 0 Å². The number of imide groups is 1. The lowest BCUT2D eigenvalue weighted by atomic mass is 10.3. The summed E-state index contributed by atoms with van der Waals surface area (Å²) in [5, 5.41) is 3.36. The van der Waals surface area contributed by atoms with E-state index in [4.69, 9.17) is 0 Å². The SMILES string of the molecule is O=C=N[N+]1(c2ccccc2)C(=O)C=CC1=O. The van der Waals surface area contributed by atoms with E-state index in [2.05, 4.69) is 5.10 Å². The highest BCUT2D eigenvalue weighted by molar-refractivity contribution is 6.22. The lowest BCUT2D eigenvalue weighted by Crippen LogP contribution is -2.49. The van der Waals surface area contributed by atoms with E-state index in [1.165, 1.54) is 6.08 Å². The van der Waals surface area contributed by atoms with Gasteiger partial charge < -0.3 is 0 Å². The van der Waals surface area contributed by atoms with E-state index in [1.807, 2.05) is 0 Å². The molecule has 0 bridgehead atoms. The Kier molecular flexibility index (Phi) is 2.32. The number of benzene rings is 1. The second-order valence-corrected chi connectivity index (χ2v) is 3.17. The summed E-state index contributed by atoms with van der Waals surface area (Å²) in [4.78, 5) is 33.8. The van der Waals surface area contributed by atoms with E-state index in [9.17, 15) is 14.4 Å². The molecule has 0 unspecified atom stereocenters. The van der Waals surface area contributed by atoms with Crippen LogP contribution < -0.4 is 4.59 Å². The van der Waals surface area contributed by atoms with Gasteiger partial charge in [0.15, 0.2) is 5.69 Å². The van der Waals surface area contributed by atoms with Gasteiger partial charge in [-0.15, -0.1) is 0 Å². The second kappa shape index (κ2) is 3.66. The first-order chi connectivity index (χ1) is 7.71. The Bertz CT molecular complexity index is 509. The molecule has 1 aromatic rings. The van der Waals surface area contributed by atoms with Crippen molar-refractivity contribution in [3.63, 3.8) is 0 Å². The van der Waals surface area contributed by atoms with Gasteiger partial charge >= 0.3 is 11.8 Å². The fraction of sp³-hybridized carbons (Fsp3) is 0. The first kappa shape index (κ1) is 10.2. The maximum Gasteiger partial charge on any atom is 0.379 e. The molecule has 78 valence electrons. The third-order valence-electron chi connectivity index (χ3n) is 2.33. The quantitative estimate of drug-likeness (QED) is 0.318. The topological polar surface area (TPSA) is 63.6 Å². The maximum absolute atomic E-state index is 11.7. The molecular formula is C11H7N2O3+. The van der Waals surface area contributed by atoms with E-state index in [0.717, 1.165) is 12.2 Å². The Labute approximate surface area is 90.9 Å².